The number of thiazole rings is 1. The molecule has 2 nitrogen and oxygen atoms in total. The Balaban J connectivity index is 1.81. The van der Waals surface area contributed by atoms with Crippen LogP contribution in [0.1, 0.15) is 41.6 Å². The van der Waals surface area contributed by atoms with Gasteiger partial charge in [-0.05, 0) is 43.3 Å². The fourth-order valence-corrected chi connectivity index (χ4v) is 4.49. The standard InChI is InChI=1S/C14H18N2S2/c1-2-16-7-5-11(13-4-3-8-17-13)10-12(16)14-15-6-9-18-14/h3-4,6,8-9,11-12H,2,5,7,10H2,1H3. The number of nitrogens with zero attached hydrogens (tertiary/aromatic N) is 2. The predicted octanol–water partition coefficient (Wildman–Crippen LogP) is 4.15. The van der Waals surface area contributed by atoms with Gasteiger partial charge in [-0.25, -0.2) is 4.98 Å². The second-order valence-corrected chi connectivity index (χ2v) is 6.66. The van der Waals surface area contributed by atoms with Crippen molar-refractivity contribution in [2.24, 2.45) is 0 Å². The SMILES string of the molecule is CCN1CCC(c2cccs2)CC1c1nccs1. The number of aromatic nitrogens is 1. The van der Waals surface area contributed by atoms with Crippen LogP contribution in [0, 0.1) is 0 Å². The lowest BCUT2D eigenvalue weighted by molar-refractivity contribution is 0.143. The number of hydrogen-bond acceptors (Lipinski definition) is 4. The highest BCUT2D eigenvalue weighted by atomic mass is 32.1. The molecule has 2 aromatic heterocycles. The molecule has 1 fully saturated rings. The van der Waals surface area contributed by atoms with Crippen LogP contribution in [0.3, 0.4) is 0 Å². The first-order chi connectivity index (χ1) is 8.88. The van der Waals surface area contributed by atoms with Crippen molar-refractivity contribution in [1.29, 1.82) is 0 Å². The van der Waals surface area contributed by atoms with E-state index in [-0.39, 0.29) is 0 Å². The van der Waals surface area contributed by atoms with Gasteiger partial charge in [-0.3, -0.25) is 4.90 Å². The minimum atomic E-state index is 0.524. The summed E-state index contributed by atoms with van der Waals surface area (Å²) in [4.78, 5) is 8.65. The molecule has 3 rings (SSSR count). The Kier molecular flexibility index (Phi) is 3.77. The minimum Gasteiger partial charge on any atom is -0.294 e. The van der Waals surface area contributed by atoms with Gasteiger partial charge in [0.05, 0.1) is 6.04 Å². The molecule has 96 valence electrons. The van der Waals surface area contributed by atoms with E-state index in [0.29, 0.717) is 6.04 Å². The van der Waals surface area contributed by atoms with Gasteiger partial charge in [-0.15, -0.1) is 22.7 Å². The third kappa shape index (κ3) is 2.37. The van der Waals surface area contributed by atoms with Crippen LogP contribution in [0.4, 0.5) is 0 Å². The normalized spacial score (nSPS) is 25.4. The molecule has 18 heavy (non-hydrogen) atoms. The van der Waals surface area contributed by atoms with Crippen LogP contribution >= 0.6 is 22.7 Å². The van der Waals surface area contributed by atoms with E-state index in [1.165, 1.54) is 24.4 Å². The lowest BCUT2D eigenvalue weighted by atomic mass is 9.90. The second kappa shape index (κ2) is 5.51. The number of piperidine rings is 1. The summed E-state index contributed by atoms with van der Waals surface area (Å²) in [6, 6.07) is 4.98. The Morgan fingerprint density at radius 2 is 2.33 bits per heavy atom. The predicted molar refractivity (Wildman–Crippen MR) is 78.4 cm³/mol. The molecule has 1 aliphatic heterocycles. The summed E-state index contributed by atoms with van der Waals surface area (Å²) in [5.41, 5.74) is 0. The topological polar surface area (TPSA) is 16.1 Å². The highest BCUT2D eigenvalue weighted by Gasteiger charge is 2.31. The van der Waals surface area contributed by atoms with Crippen molar-refractivity contribution >= 4 is 22.7 Å². The van der Waals surface area contributed by atoms with Crippen LogP contribution in [0.2, 0.25) is 0 Å². The Morgan fingerprint density at radius 1 is 1.39 bits per heavy atom. The van der Waals surface area contributed by atoms with Gasteiger partial charge in [-0.2, -0.15) is 0 Å². The van der Waals surface area contributed by atoms with Crippen molar-refractivity contribution in [2.75, 3.05) is 13.1 Å². The van der Waals surface area contributed by atoms with E-state index in [0.717, 1.165) is 12.5 Å². The first-order valence-corrected chi connectivity index (χ1v) is 8.31. The largest absolute Gasteiger partial charge is 0.294 e. The number of thiophene rings is 1. The summed E-state index contributed by atoms with van der Waals surface area (Å²) in [5.74, 6) is 0.724. The molecular weight excluding hydrogens is 260 g/mol. The Morgan fingerprint density at radius 3 is 3.00 bits per heavy atom. The number of hydrogen-bond donors (Lipinski definition) is 0. The highest BCUT2D eigenvalue weighted by molar-refractivity contribution is 7.10. The molecule has 1 saturated heterocycles. The van der Waals surface area contributed by atoms with Crippen molar-refractivity contribution in [3.05, 3.63) is 39.0 Å². The Hall–Kier alpha value is -0.710. The first-order valence-electron chi connectivity index (χ1n) is 6.55. The first kappa shape index (κ1) is 12.3. The fourth-order valence-electron chi connectivity index (χ4n) is 2.83. The van der Waals surface area contributed by atoms with Gasteiger partial charge in [0.25, 0.3) is 0 Å². The zero-order valence-electron chi connectivity index (χ0n) is 10.6. The zero-order chi connectivity index (χ0) is 12.4. The van der Waals surface area contributed by atoms with Gasteiger partial charge in [0.1, 0.15) is 5.01 Å². The molecule has 0 bridgehead atoms. The van der Waals surface area contributed by atoms with Crippen LogP contribution in [0.25, 0.3) is 0 Å². The average molecular weight is 278 g/mol. The summed E-state index contributed by atoms with van der Waals surface area (Å²) in [7, 11) is 0. The minimum absolute atomic E-state index is 0.524. The van der Waals surface area contributed by atoms with E-state index >= 15 is 0 Å². The Bertz CT molecular complexity index is 464. The highest BCUT2D eigenvalue weighted by Crippen LogP contribution is 2.40. The van der Waals surface area contributed by atoms with Crippen molar-refractivity contribution in [1.82, 2.24) is 9.88 Å². The maximum Gasteiger partial charge on any atom is 0.110 e. The van der Waals surface area contributed by atoms with Gasteiger partial charge < -0.3 is 0 Å². The summed E-state index contributed by atoms with van der Waals surface area (Å²) in [6.07, 6.45) is 4.45. The van der Waals surface area contributed by atoms with Crippen LogP contribution in [0.5, 0.6) is 0 Å². The van der Waals surface area contributed by atoms with Gasteiger partial charge >= 0.3 is 0 Å². The summed E-state index contributed by atoms with van der Waals surface area (Å²) in [5, 5.41) is 5.58. The molecule has 2 unspecified atom stereocenters. The van der Waals surface area contributed by atoms with Crippen molar-refractivity contribution in [3.63, 3.8) is 0 Å². The van der Waals surface area contributed by atoms with Gasteiger partial charge in [0.2, 0.25) is 0 Å². The smallest absolute Gasteiger partial charge is 0.110 e. The van der Waals surface area contributed by atoms with E-state index in [2.05, 4.69) is 39.7 Å². The summed E-state index contributed by atoms with van der Waals surface area (Å²) >= 11 is 3.70. The molecule has 2 aromatic rings. The second-order valence-electron chi connectivity index (χ2n) is 4.75. The lowest BCUT2D eigenvalue weighted by Gasteiger charge is -2.37. The van der Waals surface area contributed by atoms with E-state index in [1.54, 1.807) is 16.2 Å². The van der Waals surface area contributed by atoms with E-state index in [1.807, 2.05) is 17.5 Å². The molecular formula is C14H18N2S2. The van der Waals surface area contributed by atoms with E-state index < -0.39 is 0 Å². The molecule has 0 N–H and O–H groups in total. The van der Waals surface area contributed by atoms with Crippen LogP contribution < -0.4 is 0 Å². The third-order valence-electron chi connectivity index (χ3n) is 3.80. The van der Waals surface area contributed by atoms with Gasteiger partial charge in [-0.1, -0.05) is 13.0 Å². The number of rotatable bonds is 3. The summed E-state index contributed by atoms with van der Waals surface area (Å²) in [6.45, 7) is 4.58. The lowest BCUT2D eigenvalue weighted by Crippen LogP contribution is -2.35. The quantitative estimate of drug-likeness (QED) is 0.838. The average Bonchev–Trinajstić information content (AvgIpc) is 3.11. The maximum atomic E-state index is 4.53. The third-order valence-corrected chi connectivity index (χ3v) is 5.71. The molecule has 2 atom stereocenters. The molecule has 3 heterocycles. The zero-order valence-corrected chi connectivity index (χ0v) is 12.2. The molecule has 0 aromatic carbocycles. The maximum absolute atomic E-state index is 4.53. The van der Waals surface area contributed by atoms with Crippen molar-refractivity contribution < 1.29 is 0 Å². The van der Waals surface area contributed by atoms with Crippen molar-refractivity contribution in [2.45, 2.75) is 31.7 Å². The molecule has 0 spiro atoms. The van der Waals surface area contributed by atoms with E-state index in [4.69, 9.17) is 0 Å². The molecule has 0 saturated carbocycles. The molecule has 0 aliphatic carbocycles. The van der Waals surface area contributed by atoms with Crippen LogP contribution in [0.15, 0.2) is 29.1 Å². The molecule has 4 heteroatoms. The Labute approximate surface area is 116 Å². The van der Waals surface area contributed by atoms with E-state index in [9.17, 15) is 0 Å². The van der Waals surface area contributed by atoms with Crippen LogP contribution in [-0.4, -0.2) is 23.0 Å². The summed E-state index contributed by atoms with van der Waals surface area (Å²) < 4.78 is 0. The van der Waals surface area contributed by atoms with Crippen LogP contribution in [-0.2, 0) is 0 Å². The fraction of sp³-hybridized carbons (Fsp3) is 0.500. The molecule has 1 aliphatic rings. The van der Waals surface area contributed by atoms with Gasteiger partial charge in [0.15, 0.2) is 0 Å². The monoisotopic (exact) mass is 278 g/mol. The number of likely N-dealkylation sites (tertiary alicyclic amines) is 1. The van der Waals surface area contributed by atoms with Crippen molar-refractivity contribution in [3.8, 4) is 0 Å². The molecule has 0 amide bonds. The van der Waals surface area contributed by atoms with Gasteiger partial charge in [0, 0.05) is 16.5 Å². The molecule has 0 radical (unpaired) electrons.